The number of rotatable bonds is 4. The lowest BCUT2D eigenvalue weighted by Crippen LogP contribution is -2.34. The van der Waals surface area contributed by atoms with Gasteiger partial charge in [-0.15, -0.1) is 0 Å². The van der Waals surface area contributed by atoms with Gasteiger partial charge in [0.2, 0.25) is 0 Å². The number of ether oxygens (including phenoxy) is 2. The first-order valence-corrected chi connectivity index (χ1v) is 11.2. The summed E-state index contributed by atoms with van der Waals surface area (Å²) in [6.07, 6.45) is 3.92. The Kier molecular flexibility index (Phi) is 5.51. The van der Waals surface area contributed by atoms with Gasteiger partial charge < -0.3 is 14.8 Å². The summed E-state index contributed by atoms with van der Waals surface area (Å²) in [7, 11) is 3.22. The van der Waals surface area contributed by atoms with Crippen LogP contribution in [-0.2, 0) is 15.6 Å². The van der Waals surface area contributed by atoms with Crippen molar-refractivity contribution in [3.05, 3.63) is 52.2 Å². The van der Waals surface area contributed by atoms with Crippen LogP contribution in [0.25, 0.3) is 17.2 Å². The van der Waals surface area contributed by atoms with Gasteiger partial charge >= 0.3 is 6.03 Å². The van der Waals surface area contributed by atoms with Crippen LogP contribution in [0.3, 0.4) is 0 Å². The topological polar surface area (TPSA) is 76.7 Å². The molecule has 2 aromatic carbocycles. The molecule has 174 valence electrons. The third-order valence-corrected chi connectivity index (χ3v) is 7.02. The van der Waals surface area contributed by atoms with Gasteiger partial charge in [0.05, 0.1) is 14.2 Å². The molecule has 2 aliphatic rings. The van der Waals surface area contributed by atoms with Crippen LogP contribution >= 0.6 is 0 Å². The van der Waals surface area contributed by atoms with E-state index in [2.05, 4.69) is 57.4 Å². The maximum atomic E-state index is 12.0. The Labute approximate surface area is 195 Å². The van der Waals surface area contributed by atoms with Gasteiger partial charge in [-0.1, -0.05) is 33.8 Å². The summed E-state index contributed by atoms with van der Waals surface area (Å²) < 4.78 is 11.4. The summed E-state index contributed by atoms with van der Waals surface area (Å²) in [6.45, 7) is 11.4. The number of urea groups is 1. The molecule has 0 atom stereocenters. The molecule has 0 spiro atoms. The lowest BCUT2D eigenvalue weighted by atomic mass is 9.62. The normalized spacial score (nSPS) is 19.7. The second kappa shape index (κ2) is 7.94. The molecule has 0 radical (unpaired) electrons. The zero-order valence-electron chi connectivity index (χ0n) is 20.4. The molecular formula is C27H32N2O4. The SMILES string of the molecule is COc1cc(/C=C2/NC(=O)NC2=O)cc(-c2cc3c(cc2C)C(C)(C)CCC3(C)C)c1OC. The van der Waals surface area contributed by atoms with Gasteiger partial charge in [0, 0.05) is 5.56 Å². The number of fused-ring (bicyclic) bond motifs is 1. The highest BCUT2D eigenvalue weighted by molar-refractivity contribution is 6.14. The Morgan fingerprint density at radius 3 is 2.03 bits per heavy atom. The zero-order valence-corrected chi connectivity index (χ0v) is 20.4. The number of amides is 3. The molecule has 0 unspecified atom stereocenters. The minimum absolute atomic E-state index is 0.0659. The van der Waals surface area contributed by atoms with Gasteiger partial charge in [-0.25, -0.2) is 4.79 Å². The van der Waals surface area contributed by atoms with E-state index in [0.29, 0.717) is 11.5 Å². The maximum absolute atomic E-state index is 12.0. The Morgan fingerprint density at radius 2 is 1.48 bits per heavy atom. The number of nitrogens with one attached hydrogen (secondary N) is 2. The van der Waals surface area contributed by atoms with Crippen molar-refractivity contribution in [2.75, 3.05) is 14.2 Å². The van der Waals surface area contributed by atoms with Crippen molar-refractivity contribution in [3.8, 4) is 22.6 Å². The molecule has 1 fully saturated rings. The molecule has 0 aromatic heterocycles. The Hall–Kier alpha value is -3.28. The minimum atomic E-state index is -0.526. The van der Waals surface area contributed by atoms with Crippen molar-refractivity contribution in [1.29, 1.82) is 0 Å². The number of imide groups is 1. The number of hydrogen-bond donors (Lipinski definition) is 2. The van der Waals surface area contributed by atoms with E-state index in [1.165, 1.54) is 11.1 Å². The van der Waals surface area contributed by atoms with Crippen LogP contribution in [0.5, 0.6) is 11.5 Å². The van der Waals surface area contributed by atoms with Crippen molar-refractivity contribution in [1.82, 2.24) is 10.6 Å². The molecule has 2 aromatic rings. The van der Waals surface area contributed by atoms with Crippen molar-refractivity contribution in [3.63, 3.8) is 0 Å². The van der Waals surface area contributed by atoms with E-state index < -0.39 is 11.9 Å². The smallest absolute Gasteiger partial charge is 0.326 e. The molecule has 4 rings (SSSR count). The highest BCUT2D eigenvalue weighted by atomic mass is 16.5. The van der Waals surface area contributed by atoms with Crippen LogP contribution in [-0.4, -0.2) is 26.2 Å². The van der Waals surface area contributed by atoms with E-state index >= 15 is 0 Å². The van der Waals surface area contributed by atoms with Crippen LogP contribution in [0.1, 0.15) is 62.8 Å². The van der Waals surface area contributed by atoms with Crippen LogP contribution in [0, 0.1) is 6.92 Å². The quantitative estimate of drug-likeness (QED) is 0.497. The molecule has 33 heavy (non-hydrogen) atoms. The van der Waals surface area contributed by atoms with Crippen LogP contribution in [0.15, 0.2) is 30.0 Å². The molecule has 6 nitrogen and oxygen atoms in total. The summed E-state index contributed by atoms with van der Waals surface area (Å²) >= 11 is 0. The van der Waals surface area contributed by atoms with Crippen LogP contribution < -0.4 is 20.1 Å². The third kappa shape index (κ3) is 3.99. The summed E-state index contributed by atoms with van der Waals surface area (Å²) in [5, 5.41) is 4.77. The molecule has 3 amide bonds. The third-order valence-electron chi connectivity index (χ3n) is 7.02. The monoisotopic (exact) mass is 448 g/mol. The number of carbonyl (C=O) groups is 2. The summed E-state index contributed by atoms with van der Waals surface area (Å²) in [5.41, 5.74) is 6.96. The first-order valence-electron chi connectivity index (χ1n) is 11.2. The van der Waals surface area contributed by atoms with E-state index in [0.717, 1.165) is 35.1 Å². The lowest BCUT2D eigenvalue weighted by Gasteiger charge is -2.42. The van der Waals surface area contributed by atoms with Crippen LogP contribution in [0.4, 0.5) is 4.79 Å². The molecular weight excluding hydrogens is 416 g/mol. The second-order valence-corrected chi connectivity index (χ2v) is 10.3. The van der Waals surface area contributed by atoms with Gasteiger partial charge in [0.25, 0.3) is 5.91 Å². The van der Waals surface area contributed by atoms with Gasteiger partial charge in [-0.3, -0.25) is 10.1 Å². The maximum Gasteiger partial charge on any atom is 0.326 e. The number of hydrogen-bond acceptors (Lipinski definition) is 4. The van der Waals surface area contributed by atoms with Crippen molar-refractivity contribution >= 4 is 18.0 Å². The molecule has 6 heteroatoms. The molecule has 0 saturated carbocycles. The fourth-order valence-corrected chi connectivity index (χ4v) is 4.93. The lowest BCUT2D eigenvalue weighted by molar-refractivity contribution is -0.115. The van der Waals surface area contributed by atoms with E-state index in [-0.39, 0.29) is 16.5 Å². The summed E-state index contributed by atoms with van der Waals surface area (Å²) in [6, 6.07) is 7.86. The highest BCUT2D eigenvalue weighted by Gasteiger charge is 2.37. The van der Waals surface area contributed by atoms with Crippen LogP contribution in [0.2, 0.25) is 0 Å². The Balaban J connectivity index is 1.94. The molecule has 1 heterocycles. The Morgan fingerprint density at radius 1 is 0.848 bits per heavy atom. The van der Waals surface area contributed by atoms with Crippen molar-refractivity contribution in [2.24, 2.45) is 0 Å². The fourth-order valence-electron chi connectivity index (χ4n) is 4.93. The zero-order chi connectivity index (χ0) is 24.1. The van der Waals surface area contributed by atoms with Crippen molar-refractivity contribution in [2.45, 2.75) is 58.3 Å². The standard InChI is InChI=1S/C27H32N2O4/c1-15-10-19-20(27(4,5)9-8-26(19,2)3)14-17(15)18-11-16(13-22(32-6)23(18)33-7)12-21-24(30)29-25(31)28-21/h10-14H,8-9H2,1-7H3,(H2,28,29,30,31)/b21-12+. The number of aryl methyl sites for hydroxylation is 1. The largest absolute Gasteiger partial charge is 0.493 e. The molecule has 1 aliphatic carbocycles. The molecule has 1 aliphatic heterocycles. The molecule has 1 saturated heterocycles. The first-order chi connectivity index (χ1) is 15.5. The second-order valence-electron chi connectivity index (χ2n) is 10.3. The van der Waals surface area contributed by atoms with E-state index in [9.17, 15) is 9.59 Å². The van der Waals surface area contributed by atoms with Gasteiger partial charge in [-0.05, 0) is 82.7 Å². The first kappa shape index (κ1) is 22.9. The predicted octanol–water partition coefficient (Wildman–Crippen LogP) is 5.21. The summed E-state index contributed by atoms with van der Waals surface area (Å²) in [4.78, 5) is 23.6. The molecule has 2 N–H and O–H groups in total. The number of carbonyl (C=O) groups excluding carboxylic acids is 2. The average molecular weight is 449 g/mol. The Bertz CT molecular complexity index is 1190. The van der Waals surface area contributed by atoms with Crippen molar-refractivity contribution < 1.29 is 19.1 Å². The van der Waals surface area contributed by atoms with E-state index in [1.807, 2.05) is 6.07 Å². The van der Waals surface area contributed by atoms with Gasteiger partial charge in [-0.2, -0.15) is 0 Å². The number of methoxy groups -OCH3 is 2. The van der Waals surface area contributed by atoms with E-state index in [1.54, 1.807) is 26.4 Å². The molecule has 0 bridgehead atoms. The minimum Gasteiger partial charge on any atom is -0.493 e. The number of benzene rings is 2. The van der Waals surface area contributed by atoms with Gasteiger partial charge in [0.1, 0.15) is 5.70 Å². The van der Waals surface area contributed by atoms with E-state index in [4.69, 9.17) is 9.47 Å². The fraction of sp³-hybridized carbons (Fsp3) is 0.407. The average Bonchev–Trinajstić information content (AvgIpc) is 3.07. The summed E-state index contributed by atoms with van der Waals surface area (Å²) in [5.74, 6) is 0.740. The highest BCUT2D eigenvalue weighted by Crippen LogP contribution is 2.49. The van der Waals surface area contributed by atoms with Gasteiger partial charge in [0.15, 0.2) is 11.5 Å². The predicted molar refractivity (Wildman–Crippen MR) is 130 cm³/mol.